The lowest BCUT2D eigenvalue weighted by molar-refractivity contribution is -0.158. The lowest BCUT2D eigenvalue weighted by Crippen LogP contribution is -2.53. The van der Waals surface area contributed by atoms with Gasteiger partial charge in [0.15, 0.2) is 5.58 Å². The molecular weight excluding hydrogens is 419 g/mol. The quantitative estimate of drug-likeness (QED) is 0.655. The van der Waals surface area contributed by atoms with Crippen molar-refractivity contribution in [3.63, 3.8) is 0 Å². The minimum Gasteiger partial charge on any atom is -0.408 e. The molecule has 0 spiro atoms. The number of hydrogen-bond donors (Lipinski definition) is 2. The summed E-state index contributed by atoms with van der Waals surface area (Å²) in [6, 6.07) is 4.50. The molecule has 2 aromatic rings. The number of aliphatic imine (C=N–C) groups is 1. The molecular formula is C19H18F3N5O4. The molecule has 1 saturated heterocycles. The Labute approximate surface area is 173 Å². The van der Waals surface area contributed by atoms with Crippen LogP contribution >= 0.6 is 0 Å². The number of nitrogens with one attached hydrogen (secondary N) is 2. The number of hydrogen-bond acceptors (Lipinski definition) is 6. The summed E-state index contributed by atoms with van der Waals surface area (Å²) in [4.78, 5) is 45.6. The molecule has 164 valence electrons. The SMILES string of the molecule is O=C(Nc1ccc2[nH]c(=O)oc2c1)C(=O)N1CCN(C2=NCC(C(F)(F)F)C=C2)CC1. The van der Waals surface area contributed by atoms with Crippen LogP contribution in [0, 0.1) is 5.92 Å². The molecule has 1 unspecified atom stereocenters. The average Bonchev–Trinajstić information content (AvgIpc) is 3.12. The number of dihydropyridines is 1. The van der Waals surface area contributed by atoms with Gasteiger partial charge in [0.05, 0.1) is 18.0 Å². The first-order chi connectivity index (χ1) is 14.7. The zero-order valence-corrected chi connectivity index (χ0v) is 16.1. The molecule has 1 fully saturated rings. The Balaban J connectivity index is 1.31. The average molecular weight is 437 g/mol. The molecule has 1 aromatic heterocycles. The van der Waals surface area contributed by atoms with Gasteiger partial charge in [0.1, 0.15) is 5.84 Å². The van der Waals surface area contributed by atoms with Crippen molar-refractivity contribution in [2.45, 2.75) is 6.18 Å². The number of oxazole rings is 1. The summed E-state index contributed by atoms with van der Waals surface area (Å²) in [7, 11) is 0. The Kier molecular flexibility index (Phi) is 5.29. The molecule has 1 aromatic carbocycles. The largest absolute Gasteiger partial charge is 0.417 e. The van der Waals surface area contributed by atoms with Crippen molar-refractivity contribution in [3.8, 4) is 0 Å². The van der Waals surface area contributed by atoms with E-state index < -0.39 is 29.7 Å². The summed E-state index contributed by atoms with van der Waals surface area (Å²) >= 11 is 0. The topological polar surface area (TPSA) is 111 Å². The van der Waals surface area contributed by atoms with Crippen LogP contribution in [0.5, 0.6) is 0 Å². The first kappa shape index (κ1) is 20.7. The molecule has 0 saturated carbocycles. The highest BCUT2D eigenvalue weighted by molar-refractivity contribution is 6.39. The van der Waals surface area contributed by atoms with Crippen LogP contribution in [0.1, 0.15) is 0 Å². The molecule has 2 amide bonds. The van der Waals surface area contributed by atoms with Crippen LogP contribution in [0.15, 0.2) is 44.6 Å². The predicted molar refractivity (Wildman–Crippen MR) is 105 cm³/mol. The fraction of sp³-hybridized carbons (Fsp3) is 0.368. The number of nitrogens with zero attached hydrogens (tertiary/aromatic N) is 3. The Morgan fingerprint density at radius 3 is 2.58 bits per heavy atom. The monoisotopic (exact) mass is 437 g/mol. The van der Waals surface area contributed by atoms with Crippen LogP contribution in [-0.2, 0) is 9.59 Å². The molecule has 2 aliphatic heterocycles. The van der Waals surface area contributed by atoms with Gasteiger partial charge in [0, 0.05) is 37.9 Å². The Morgan fingerprint density at radius 2 is 1.94 bits per heavy atom. The highest BCUT2D eigenvalue weighted by atomic mass is 19.4. The summed E-state index contributed by atoms with van der Waals surface area (Å²) in [6.07, 6.45) is -1.88. The number of aromatic nitrogens is 1. The number of H-pyrrole nitrogens is 1. The molecule has 3 heterocycles. The van der Waals surface area contributed by atoms with E-state index in [4.69, 9.17) is 4.42 Å². The standard InChI is InChI=1S/C19H18F3N5O4/c20-19(21,22)11-1-4-15(23-10-11)26-5-7-27(8-6-26)17(29)16(28)24-12-2-3-13-14(9-12)31-18(30)25-13/h1-4,9,11H,5-8,10H2,(H,24,28)(H,25,30). The number of anilines is 1. The van der Waals surface area contributed by atoms with E-state index in [-0.39, 0.29) is 25.2 Å². The third-order valence-corrected chi connectivity index (χ3v) is 5.11. The zero-order valence-electron chi connectivity index (χ0n) is 16.1. The highest BCUT2D eigenvalue weighted by Gasteiger charge is 2.39. The van der Waals surface area contributed by atoms with Gasteiger partial charge in [-0.25, -0.2) is 4.79 Å². The molecule has 2 aliphatic rings. The number of fused-ring (bicyclic) bond motifs is 1. The molecule has 4 rings (SSSR count). The van der Waals surface area contributed by atoms with Gasteiger partial charge in [-0.2, -0.15) is 13.2 Å². The van der Waals surface area contributed by atoms with E-state index in [1.54, 1.807) is 11.0 Å². The van der Waals surface area contributed by atoms with Crippen molar-refractivity contribution in [1.82, 2.24) is 14.8 Å². The summed E-state index contributed by atoms with van der Waals surface area (Å²) in [5.74, 6) is -3.33. The van der Waals surface area contributed by atoms with Crippen LogP contribution in [-0.4, -0.2) is 71.3 Å². The minimum absolute atomic E-state index is 0.230. The second kappa shape index (κ2) is 7.93. The van der Waals surface area contributed by atoms with Gasteiger partial charge in [0.25, 0.3) is 0 Å². The Morgan fingerprint density at radius 1 is 1.19 bits per heavy atom. The number of aromatic amines is 1. The molecule has 31 heavy (non-hydrogen) atoms. The molecule has 0 aliphatic carbocycles. The van der Waals surface area contributed by atoms with E-state index >= 15 is 0 Å². The Hall–Kier alpha value is -3.57. The lowest BCUT2D eigenvalue weighted by Gasteiger charge is -2.36. The van der Waals surface area contributed by atoms with Crippen molar-refractivity contribution in [1.29, 1.82) is 0 Å². The van der Waals surface area contributed by atoms with E-state index in [0.29, 0.717) is 30.1 Å². The van der Waals surface area contributed by atoms with Crippen molar-refractivity contribution in [2.24, 2.45) is 10.9 Å². The van der Waals surface area contributed by atoms with Crippen LogP contribution < -0.4 is 11.1 Å². The number of halogens is 3. The van der Waals surface area contributed by atoms with Crippen LogP contribution in [0.4, 0.5) is 18.9 Å². The molecule has 2 N–H and O–H groups in total. The second-order valence-electron chi connectivity index (χ2n) is 7.16. The van der Waals surface area contributed by atoms with E-state index in [9.17, 15) is 27.6 Å². The molecule has 9 nitrogen and oxygen atoms in total. The molecule has 1 atom stereocenters. The third kappa shape index (κ3) is 4.47. The van der Waals surface area contributed by atoms with Gasteiger partial charge in [-0.1, -0.05) is 6.08 Å². The Bertz CT molecular complexity index is 1130. The molecule has 0 bridgehead atoms. The number of amidine groups is 1. The smallest absolute Gasteiger partial charge is 0.408 e. The summed E-state index contributed by atoms with van der Waals surface area (Å²) < 4.78 is 43.1. The normalized spacial score (nSPS) is 19.5. The minimum atomic E-state index is -4.32. The fourth-order valence-corrected chi connectivity index (χ4v) is 3.42. The number of amides is 2. The van der Waals surface area contributed by atoms with Crippen molar-refractivity contribution in [2.75, 3.05) is 38.0 Å². The van der Waals surface area contributed by atoms with Gasteiger partial charge in [-0.3, -0.25) is 19.6 Å². The first-order valence-corrected chi connectivity index (χ1v) is 9.48. The third-order valence-electron chi connectivity index (χ3n) is 5.11. The zero-order chi connectivity index (χ0) is 22.2. The number of carbonyl (C=O) groups is 2. The van der Waals surface area contributed by atoms with E-state index in [1.165, 1.54) is 23.1 Å². The summed E-state index contributed by atoms with van der Waals surface area (Å²) in [6.45, 7) is 0.794. The van der Waals surface area contributed by atoms with Gasteiger partial charge >= 0.3 is 23.7 Å². The number of piperazine rings is 1. The van der Waals surface area contributed by atoms with E-state index in [2.05, 4.69) is 15.3 Å². The maximum atomic E-state index is 12.7. The summed E-state index contributed by atoms with van der Waals surface area (Å²) in [5.41, 5.74) is 1.01. The highest BCUT2D eigenvalue weighted by Crippen LogP contribution is 2.29. The van der Waals surface area contributed by atoms with E-state index in [0.717, 1.165) is 6.08 Å². The van der Waals surface area contributed by atoms with Crippen LogP contribution in [0.3, 0.4) is 0 Å². The first-order valence-electron chi connectivity index (χ1n) is 9.48. The molecule has 12 heteroatoms. The maximum absolute atomic E-state index is 12.7. The number of alkyl halides is 3. The van der Waals surface area contributed by atoms with E-state index in [1.807, 2.05) is 0 Å². The number of rotatable bonds is 1. The van der Waals surface area contributed by atoms with Crippen molar-refractivity contribution < 1.29 is 27.2 Å². The fourth-order valence-electron chi connectivity index (χ4n) is 3.42. The number of carbonyl (C=O) groups excluding carboxylic acids is 2. The number of benzene rings is 1. The predicted octanol–water partition coefficient (Wildman–Crippen LogP) is 1.35. The van der Waals surface area contributed by atoms with Gasteiger partial charge in [-0.15, -0.1) is 0 Å². The maximum Gasteiger partial charge on any atom is 0.417 e. The lowest BCUT2D eigenvalue weighted by atomic mass is 10.1. The van der Waals surface area contributed by atoms with Crippen molar-refractivity contribution in [3.05, 3.63) is 40.9 Å². The van der Waals surface area contributed by atoms with Crippen LogP contribution in [0.2, 0.25) is 0 Å². The van der Waals surface area contributed by atoms with Gasteiger partial charge in [0.2, 0.25) is 0 Å². The van der Waals surface area contributed by atoms with Crippen LogP contribution in [0.25, 0.3) is 11.1 Å². The van der Waals surface area contributed by atoms with Gasteiger partial charge in [-0.05, 0) is 18.2 Å². The van der Waals surface area contributed by atoms with Gasteiger partial charge < -0.3 is 19.5 Å². The summed E-state index contributed by atoms with van der Waals surface area (Å²) in [5, 5.41) is 2.47. The second-order valence-corrected chi connectivity index (χ2v) is 7.16. The molecule has 0 radical (unpaired) electrons. The van der Waals surface area contributed by atoms with Crippen molar-refractivity contribution >= 4 is 34.4 Å².